The average molecular weight is 477 g/mol. The molecule has 1 aromatic carbocycles. The molecule has 1 aliphatic heterocycles. The molecule has 3 aromatic heterocycles. The van der Waals surface area contributed by atoms with Gasteiger partial charge in [0, 0.05) is 42.5 Å². The Labute approximate surface area is 197 Å². The molecule has 4 heterocycles. The number of rotatable bonds is 6. The number of methoxy groups -OCH3 is 1. The van der Waals surface area contributed by atoms with Crippen molar-refractivity contribution in [3.05, 3.63) is 61.2 Å². The maximum atomic E-state index is 12.9. The Hall–Kier alpha value is -3.79. The number of aromatic nitrogens is 4. The Kier molecular flexibility index (Phi) is 5.97. The highest BCUT2D eigenvalue weighted by molar-refractivity contribution is 7.92. The fourth-order valence-corrected chi connectivity index (χ4v) is 5.20. The van der Waals surface area contributed by atoms with E-state index < -0.39 is 10.0 Å². The van der Waals surface area contributed by atoms with Crippen LogP contribution in [0.1, 0.15) is 19.3 Å². The van der Waals surface area contributed by atoms with Gasteiger partial charge in [-0.25, -0.2) is 18.4 Å². The second kappa shape index (κ2) is 9.22. The number of nitrogens with zero attached hydrogens (tertiary/aromatic N) is 5. The Morgan fingerprint density at radius 2 is 1.82 bits per heavy atom. The molecule has 4 aromatic rings. The summed E-state index contributed by atoms with van der Waals surface area (Å²) in [4.78, 5) is 19.6. The first-order valence-corrected chi connectivity index (χ1v) is 12.5. The first kappa shape index (κ1) is 22.0. The normalized spacial score (nSPS) is 14.2. The molecule has 34 heavy (non-hydrogen) atoms. The van der Waals surface area contributed by atoms with Crippen LogP contribution < -0.4 is 14.4 Å². The lowest BCUT2D eigenvalue weighted by molar-refractivity contribution is 0.397. The van der Waals surface area contributed by atoms with Gasteiger partial charge in [-0.05, 0) is 55.0 Å². The van der Waals surface area contributed by atoms with Crippen molar-refractivity contribution in [2.45, 2.75) is 24.2 Å². The van der Waals surface area contributed by atoms with Crippen LogP contribution in [0.4, 0.5) is 11.6 Å². The van der Waals surface area contributed by atoms with Crippen LogP contribution in [0.3, 0.4) is 0 Å². The van der Waals surface area contributed by atoms with Crippen LogP contribution in [0.5, 0.6) is 5.88 Å². The molecule has 1 aliphatic rings. The number of hydrogen-bond acceptors (Lipinski definition) is 8. The topological polar surface area (TPSA) is 110 Å². The van der Waals surface area contributed by atoms with Crippen molar-refractivity contribution in [2.75, 3.05) is 29.8 Å². The first-order chi connectivity index (χ1) is 16.5. The monoisotopic (exact) mass is 476 g/mol. The van der Waals surface area contributed by atoms with E-state index in [2.05, 4.69) is 24.6 Å². The van der Waals surface area contributed by atoms with Gasteiger partial charge in [-0.1, -0.05) is 6.07 Å². The van der Waals surface area contributed by atoms with Crippen LogP contribution in [0.25, 0.3) is 22.0 Å². The molecule has 0 spiro atoms. The van der Waals surface area contributed by atoms with Gasteiger partial charge in [-0.3, -0.25) is 9.71 Å². The van der Waals surface area contributed by atoms with E-state index in [9.17, 15) is 8.42 Å². The van der Waals surface area contributed by atoms with Gasteiger partial charge in [-0.15, -0.1) is 0 Å². The molecule has 1 N–H and O–H groups in total. The van der Waals surface area contributed by atoms with E-state index in [0.717, 1.165) is 53.8 Å². The van der Waals surface area contributed by atoms with Crippen LogP contribution in [0.15, 0.2) is 66.1 Å². The van der Waals surface area contributed by atoms with Crippen LogP contribution in [-0.2, 0) is 10.0 Å². The Bertz CT molecular complexity index is 1420. The van der Waals surface area contributed by atoms with Gasteiger partial charge in [0.15, 0.2) is 0 Å². The van der Waals surface area contributed by atoms with E-state index in [1.54, 1.807) is 37.6 Å². The molecular formula is C24H24N6O3S. The lowest BCUT2D eigenvalue weighted by atomic mass is 10.0. The van der Waals surface area contributed by atoms with Crippen molar-refractivity contribution < 1.29 is 13.2 Å². The molecule has 0 radical (unpaired) electrons. The highest BCUT2D eigenvalue weighted by Gasteiger charge is 2.21. The van der Waals surface area contributed by atoms with Gasteiger partial charge in [0.2, 0.25) is 5.88 Å². The molecule has 0 saturated carbocycles. The maximum absolute atomic E-state index is 12.9. The number of nitrogens with one attached hydrogen (secondary N) is 1. The molecule has 0 atom stereocenters. The summed E-state index contributed by atoms with van der Waals surface area (Å²) in [5, 5.41) is 1.60. The van der Waals surface area contributed by atoms with Gasteiger partial charge in [0.1, 0.15) is 18.0 Å². The first-order valence-electron chi connectivity index (χ1n) is 11.0. The van der Waals surface area contributed by atoms with Crippen molar-refractivity contribution in [3.63, 3.8) is 0 Å². The fraction of sp³-hybridized carbons (Fsp3) is 0.250. The standard InChI is InChI=1S/C24H24N6O3S/c1-33-22-8-7-20(24(28-22)30-13-3-2-4-14-30)23-19-6-5-18(15-17(19)9-12-26-23)34(31,32)29-21-10-11-25-16-27-21/h5-12,15-16H,2-4,13-14H2,1H3,(H,25,27,29). The van der Waals surface area contributed by atoms with Crippen LogP contribution in [0, 0.1) is 0 Å². The highest BCUT2D eigenvalue weighted by Crippen LogP contribution is 2.36. The van der Waals surface area contributed by atoms with Gasteiger partial charge in [0.25, 0.3) is 10.0 Å². The smallest absolute Gasteiger partial charge is 0.263 e. The Morgan fingerprint density at radius 3 is 2.59 bits per heavy atom. The van der Waals surface area contributed by atoms with Gasteiger partial charge in [0.05, 0.1) is 17.7 Å². The third kappa shape index (κ3) is 4.36. The van der Waals surface area contributed by atoms with E-state index in [1.807, 2.05) is 12.1 Å². The van der Waals surface area contributed by atoms with Crippen molar-refractivity contribution in [2.24, 2.45) is 0 Å². The van der Waals surface area contributed by atoms with Gasteiger partial charge < -0.3 is 9.64 Å². The van der Waals surface area contributed by atoms with E-state index in [-0.39, 0.29) is 10.7 Å². The summed E-state index contributed by atoms with van der Waals surface area (Å²) in [6.07, 6.45) is 7.90. The maximum Gasteiger partial charge on any atom is 0.263 e. The number of fused-ring (bicyclic) bond motifs is 1. The van der Waals surface area contributed by atoms with Crippen LogP contribution in [-0.4, -0.2) is 48.6 Å². The van der Waals surface area contributed by atoms with E-state index >= 15 is 0 Å². The van der Waals surface area contributed by atoms with E-state index in [1.165, 1.54) is 25.0 Å². The Balaban J connectivity index is 1.57. The molecule has 174 valence electrons. The molecule has 5 rings (SSSR count). The number of ether oxygens (including phenoxy) is 1. The van der Waals surface area contributed by atoms with Crippen molar-refractivity contribution >= 4 is 32.4 Å². The Morgan fingerprint density at radius 1 is 0.971 bits per heavy atom. The number of sulfonamides is 1. The molecule has 10 heteroatoms. The van der Waals surface area contributed by atoms with Crippen LogP contribution in [0.2, 0.25) is 0 Å². The van der Waals surface area contributed by atoms with Gasteiger partial charge >= 0.3 is 0 Å². The number of hydrogen-bond donors (Lipinski definition) is 1. The number of piperidine rings is 1. The van der Waals surface area contributed by atoms with E-state index in [4.69, 9.17) is 9.72 Å². The number of benzene rings is 1. The minimum Gasteiger partial charge on any atom is -0.481 e. The zero-order valence-electron chi connectivity index (χ0n) is 18.7. The van der Waals surface area contributed by atoms with Crippen molar-refractivity contribution in [1.29, 1.82) is 0 Å². The molecule has 1 fully saturated rings. The largest absolute Gasteiger partial charge is 0.481 e. The zero-order chi connectivity index (χ0) is 23.5. The SMILES string of the molecule is COc1ccc(-c2nccc3cc(S(=O)(=O)Nc4ccncn4)ccc23)c(N2CCCCC2)n1. The summed E-state index contributed by atoms with van der Waals surface area (Å²) in [7, 11) is -2.21. The molecule has 0 bridgehead atoms. The van der Waals surface area contributed by atoms with Crippen LogP contribution >= 0.6 is 0 Å². The summed E-state index contributed by atoms with van der Waals surface area (Å²) >= 11 is 0. The lowest BCUT2D eigenvalue weighted by Gasteiger charge is -2.29. The predicted molar refractivity (Wildman–Crippen MR) is 130 cm³/mol. The summed E-state index contributed by atoms with van der Waals surface area (Å²) in [6.45, 7) is 1.85. The third-order valence-electron chi connectivity index (χ3n) is 5.84. The molecule has 9 nitrogen and oxygen atoms in total. The van der Waals surface area contributed by atoms with Gasteiger partial charge in [-0.2, -0.15) is 4.98 Å². The molecule has 0 amide bonds. The second-order valence-electron chi connectivity index (χ2n) is 8.02. The fourth-order valence-electron chi connectivity index (χ4n) is 4.16. The summed E-state index contributed by atoms with van der Waals surface area (Å²) in [5.74, 6) is 1.59. The highest BCUT2D eigenvalue weighted by atomic mass is 32.2. The number of anilines is 2. The summed E-state index contributed by atoms with van der Waals surface area (Å²) in [5.41, 5.74) is 1.64. The summed E-state index contributed by atoms with van der Waals surface area (Å²) < 4.78 is 33.7. The minimum absolute atomic E-state index is 0.139. The molecule has 0 aliphatic carbocycles. The predicted octanol–water partition coefficient (Wildman–Crippen LogP) is 3.89. The molecule has 1 saturated heterocycles. The molecule has 0 unspecified atom stereocenters. The lowest BCUT2D eigenvalue weighted by Crippen LogP contribution is -2.30. The third-order valence-corrected chi connectivity index (χ3v) is 7.19. The quantitative estimate of drug-likeness (QED) is 0.446. The average Bonchev–Trinajstić information content (AvgIpc) is 2.88. The zero-order valence-corrected chi connectivity index (χ0v) is 19.5. The number of pyridine rings is 2. The molecular weight excluding hydrogens is 452 g/mol. The minimum atomic E-state index is -3.81. The summed E-state index contributed by atoms with van der Waals surface area (Å²) in [6, 6.07) is 12.1. The van der Waals surface area contributed by atoms with Crippen molar-refractivity contribution in [1.82, 2.24) is 19.9 Å². The van der Waals surface area contributed by atoms with Crippen molar-refractivity contribution in [3.8, 4) is 17.1 Å². The van der Waals surface area contributed by atoms with E-state index in [0.29, 0.717) is 5.88 Å². The second-order valence-corrected chi connectivity index (χ2v) is 9.70.